The summed E-state index contributed by atoms with van der Waals surface area (Å²) in [6.45, 7) is 12.5. The molecule has 0 saturated carbocycles. The van der Waals surface area contributed by atoms with Gasteiger partial charge in [0.1, 0.15) is 0 Å². The van der Waals surface area contributed by atoms with Gasteiger partial charge in [-0.15, -0.1) is 11.3 Å². The summed E-state index contributed by atoms with van der Waals surface area (Å²) < 4.78 is 0. The van der Waals surface area contributed by atoms with E-state index in [0.29, 0.717) is 6.42 Å². The molecule has 0 aliphatic rings. The number of hydrogen-bond donors (Lipinski definition) is 0. The maximum absolute atomic E-state index is 12.2. The van der Waals surface area contributed by atoms with Crippen molar-refractivity contribution >= 4 is 17.2 Å². The molecule has 0 spiro atoms. The first-order valence-corrected chi connectivity index (χ1v) is 8.49. The van der Waals surface area contributed by atoms with Gasteiger partial charge in [0.2, 0.25) is 5.91 Å². The van der Waals surface area contributed by atoms with Gasteiger partial charge in [0.15, 0.2) is 0 Å². The van der Waals surface area contributed by atoms with E-state index in [-0.39, 0.29) is 11.3 Å². The molecule has 1 aromatic heterocycles. The van der Waals surface area contributed by atoms with Crippen LogP contribution in [0.25, 0.3) is 0 Å². The molecule has 20 heavy (non-hydrogen) atoms. The summed E-state index contributed by atoms with van der Waals surface area (Å²) in [6.07, 6.45) is 3.40. The minimum Gasteiger partial charge on any atom is -0.343 e. The molecule has 0 saturated heterocycles. The molecule has 0 unspecified atom stereocenters. The summed E-state index contributed by atoms with van der Waals surface area (Å²) in [6, 6.07) is 0. The van der Waals surface area contributed by atoms with Gasteiger partial charge in [-0.1, -0.05) is 34.6 Å². The van der Waals surface area contributed by atoms with Crippen LogP contribution in [0.15, 0.2) is 5.38 Å². The first-order chi connectivity index (χ1) is 9.38. The molecule has 0 fully saturated rings. The molecule has 0 aliphatic heterocycles. The van der Waals surface area contributed by atoms with E-state index < -0.39 is 0 Å². The Balaban J connectivity index is 2.53. The van der Waals surface area contributed by atoms with Crippen molar-refractivity contribution in [1.82, 2.24) is 9.88 Å². The van der Waals surface area contributed by atoms with E-state index >= 15 is 0 Å². The van der Waals surface area contributed by atoms with Crippen molar-refractivity contribution in [2.24, 2.45) is 0 Å². The van der Waals surface area contributed by atoms with E-state index in [4.69, 9.17) is 0 Å². The second-order valence-electron chi connectivity index (χ2n) is 6.26. The van der Waals surface area contributed by atoms with E-state index in [9.17, 15) is 4.79 Å². The van der Waals surface area contributed by atoms with E-state index in [1.54, 1.807) is 11.3 Å². The van der Waals surface area contributed by atoms with Crippen molar-refractivity contribution in [3.05, 3.63) is 16.1 Å². The van der Waals surface area contributed by atoms with Crippen molar-refractivity contribution in [1.29, 1.82) is 0 Å². The normalized spacial score (nSPS) is 11.7. The SMILES string of the molecule is CCCN(CCC)C(=O)CCc1nc(C(C)(C)C)cs1. The number of amides is 1. The van der Waals surface area contributed by atoms with Crippen molar-refractivity contribution in [3.8, 4) is 0 Å². The number of thiazole rings is 1. The van der Waals surface area contributed by atoms with Crippen LogP contribution in [0, 0.1) is 0 Å². The molecule has 0 aromatic carbocycles. The second kappa shape index (κ2) is 7.77. The average Bonchev–Trinajstić information content (AvgIpc) is 2.84. The number of carbonyl (C=O) groups excluding carboxylic acids is 1. The molecule has 1 heterocycles. The second-order valence-corrected chi connectivity index (χ2v) is 7.20. The molecule has 0 N–H and O–H groups in total. The Bertz CT molecular complexity index is 414. The highest BCUT2D eigenvalue weighted by atomic mass is 32.1. The monoisotopic (exact) mass is 296 g/mol. The lowest BCUT2D eigenvalue weighted by molar-refractivity contribution is -0.131. The van der Waals surface area contributed by atoms with Gasteiger partial charge in [-0.25, -0.2) is 4.98 Å². The fraction of sp³-hybridized carbons (Fsp3) is 0.750. The number of aromatic nitrogens is 1. The first-order valence-electron chi connectivity index (χ1n) is 7.61. The Labute approximate surface area is 127 Å². The van der Waals surface area contributed by atoms with Crippen LogP contribution >= 0.6 is 11.3 Å². The van der Waals surface area contributed by atoms with Crippen LogP contribution in [-0.2, 0) is 16.6 Å². The van der Waals surface area contributed by atoms with Crippen LogP contribution in [-0.4, -0.2) is 28.9 Å². The fourth-order valence-electron chi connectivity index (χ4n) is 2.04. The minimum atomic E-state index is 0.0925. The van der Waals surface area contributed by atoms with Crippen LogP contribution in [0.4, 0.5) is 0 Å². The third-order valence-electron chi connectivity index (χ3n) is 3.21. The number of carbonyl (C=O) groups is 1. The maximum atomic E-state index is 12.2. The van der Waals surface area contributed by atoms with E-state index in [1.165, 1.54) is 0 Å². The molecule has 1 rings (SSSR count). The Kier molecular flexibility index (Phi) is 6.66. The van der Waals surface area contributed by atoms with E-state index in [0.717, 1.165) is 43.1 Å². The first kappa shape index (κ1) is 17.2. The molecule has 3 nitrogen and oxygen atoms in total. The Morgan fingerprint density at radius 2 is 1.85 bits per heavy atom. The van der Waals surface area contributed by atoms with Gasteiger partial charge in [0.25, 0.3) is 0 Å². The molecule has 1 aromatic rings. The highest BCUT2D eigenvalue weighted by Gasteiger charge is 2.18. The molecular weight excluding hydrogens is 268 g/mol. The highest BCUT2D eigenvalue weighted by Crippen LogP contribution is 2.24. The van der Waals surface area contributed by atoms with E-state index in [1.807, 2.05) is 4.90 Å². The van der Waals surface area contributed by atoms with Crippen molar-refractivity contribution in [2.45, 2.75) is 65.7 Å². The predicted molar refractivity (Wildman–Crippen MR) is 86.3 cm³/mol. The molecule has 0 atom stereocenters. The molecule has 4 heteroatoms. The lowest BCUT2D eigenvalue weighted by atomic mass is 9.93. The zero-order chi connectivity index (χ0) is 15.2. The summed E-state index contributed by atoms with van der Waals surface area (Å²) in [5.74, 6) is 0.265. The van der Waals surface area contributed by atoms with Gasteiger partial charge in [-0.2, -0.15) is 0 Å². The summed E-state index contributed by atoms with van der Waals surface area (Å²) in [5, 5.41) is 3.20. The fourth-order valence-corrected chi connectivity index (χ4v) is 3.07. The Morgan fingerprint density at radius 1 is 1.25 bits per heavy atom. The summed E-state index contributed by atoms with van der Waals surface area (Å²) >= 11 is 1.67. The van der Waals surface area contributed by atoms with Gasteiger partial charge in [-0.05, 0) is 12.8 Å². The molecule has 1 amide bonds. The zero-order valence-corrected chi connectivity index (χ0v) is 14.3. The molecule has 114 valence electrons. The van der Waals surface area contributed by atoms with Crippen molar-refractivity contribution in [3.63, 3.8) is 0 Å². The smallest absolute Gasteiger partial charge is 0.222 e. The number of hydrogen-bond acceptors (Lipinski definition) is 3. The van der Waals surface area contributed by atoms with Gasteiger partial charge in [0, 0.05) is 36.7 Å². The lowest BCUT2D eigenvalue weighted by Gasteiger charge is -2.21. The van der Waals surface area contributed by atoms with Crippen LogP contribution < -0.4 is 0 Å². The zero-order valence-electron chi connectivity index (χ0n) is 13.5. The minimum absolute atomic E-state index is 0.0925. The Hall–Kier alpha value is -0.900. The predicted octanol–water partition coefficient (Wildman–Crippen LogP) is 4.02. The number of aryl methyl sites for hydroxylation is 1. The molecule has 0 radical (unpaired) electrons. The standard InChI is InChI=1S/C16H28N2OS/c1-6-10-18(11-7-2)15(19)9-8-14-17-13(12-20-14)16(3,4)5/h12H,6-11H2,1-5H3. The Morgan fingerprint density at radius 3 is 2.30 bits per heavy atom. The summed E-state index contributed by atoms with van der Waals surface area (Å²) in [4.78, 5) is 18.8. The molecule has 0 bridgehead atoms. The average molecular weight is 296 g/mol. The van der Waals surface area contributed by atoms with Crippen LogP contribution in [0.5, 0.6) is 0 Å². The number of nitrogens with zero attached hydrogens (tertiary/aromatic N) is 2. The molecule has 0 aliphatic carbocycles. The van der Waals surface area contributed by atoms with Gasteiger partial charge in [-0.3, -0.25) is 4.79 Å². The summed E-state index contributed by atoms with van der Waals surface area (Å²) in [5.41, 5.74) is 1.22. The van der Waals surface area contributed by atoms with Crippen molar-refractivity contribution in [2.75, 3.05) is 13.1 Å². The largest absolute Gasteiger partial charge is 0.343 e. The molecular formula is C16H28N2OS. The third kappa shape index (κ3) is 5.23. The van der Waals surface area contributed by atoms with Crippen LogP contribution in [0.3, 0.4) is 0 Å². The summed E-state index contributed by atoms with van der Waals surface area (Å²) in [7, 11) is 0. The van der Waals surface area contributed by atoms with Gasteiger partial charge in [0.05, 0.1) is 10.7 Å². The topological polar surface area (TPSA) is 33.2 Å². The van der Waals surface area contributed by atoms with Crippen molar-refractivity contribution < 1.29 is 4.79 Å². The lowest BCUT2D eigenvalue weighted by Crippen LogP contribution is -2.32. The quantitative estimate of drug-likeness (QED) is 0.761. The van der Waals surface area contributed by atoms with Crippen LogP contribution in [0.1, 0.15) is 64.6 Å². The van der Waals surface area contributed by atoms with Crippen LogP contribution in [0.2, 0.25) is 0 Å². The van der Waals surface area contributed by atoms with E-state index in [2.05, 4.69) is 45.0 Å². The third-order valence-corrected chi connectivity index (χ3v) is 4.12. The highest BCUT2D eigenvalue weighted by molar-refractivity contribution is 7.09. The van der Waals surface area contributed by atoms with Gasteiger partial charge >= 0.3 is 0 Å². The maximum Gasteiger partial charge on any atom is 0.222 e. The number of rotatable bonds is 7. The van der Waals surface area contributed by atoms with Gasteiger partial charge < -0.3 is 4.90 Å².